The van der Waals surface area contributed by atoms with Crippen molar-refractivity contribution in [1.29, 1.82) is 0 Å². The molecule has 2 N–H and O–H groups in total. The summed E-state index contributed by atoms with van der Waals surface area (Å²) in [5, 5.41) is 2.33. The summed E-state index contributed by atoms with van der Waals surface area (Å²) in [6, 6.07) is 1.79. The number of rotatable bonds is 2. The average molecular weight is 473 g/mol. The number of nitrogens with zero attached hydrogens (tertiary/aromatic N) is 2. The number of aromatic amines is 1. The molecule has 1 amide bonds. The summed E-state index contributed by atoms with van der Waals surface area (Å²) in [7, 11) is 1.40. The van der Waals surface area contributed by atoms with Gasteiger partial charge in [0, 0.05) is 37.6 Å². The summed E-state index contributed by atoms with van der Waals surface area (Å²) in [6.45, 7) is 0.406. The van der Waals surface area contributed by atoms with Gasteiger partial charge in [-0.25, -0.2) is 13.8 Å². The molecule has 0 aliphatic carbocycles. The molecule has 0 bridgehead atoms. The summed E-state index contributed by atoms with van der Waals surface area (Å²) in [5.74, 6) is -3.05. The van der Waals surface area contributed by atoms with Crippen molar-refractivity contribution in [1.82, 2.24) is 20.2 Å². The molecular formula is C20H14ClF5N4O2. The number of alkyl halides is 3. The molecule has 3 heterocycles. The van der Waals surface area contributed by atoms with Gasteiger partial charge in [0.05, 0.1) is 22.0 Å². The van der Waals surface area contributed by atoms with Crippen LogP contribution in [0.15, 0.2) is 29.2 Å². The first-order chi connectivity index (χ1) is 15.0. The number of hydrogen-bond acceptors (Lipinski definition) is 4. The molecule has 1 aliphatic rings. The van der Waals surface area contributed by atoms with Crippen molar-refractivity contribution in [2.75, 3.05) is 13.6 Å². The van der Waals surface area contributed by atoms with E-state index in [9.17, 15) is 31.5 Å². The Bertz CT molecular complexity index is 1310. The van der Waals surface area contributed by atoms with E-state index in [0.717, 1.165) is 24.4 Å². The molecule has 0 saturated heterocycles. The fraction of sp³-hybridized carbons (Fsp3) is 0.250. The highest BCUT2D eigenvalue weighted by molar-refractivity contribution is 6.31. The van der Waals surface area contributed by atoms with Crippen LogP contribution >= 0.6 is 11.6 Å². The first-order valence-electron chi connectivity index (χ1n) is 9.23. The van der Waals surface area contributed by atoms with E-state index in [1.165, 1.54) is 11.9 Å². The molecule has 1 aromatic carbocycles. The van der Waals surface area contributed by atoms with Gasteiger partial charge in [0.15, 0.2) is 17.3 Å². The monoisotopic (exact) mass is 472 g/mol. The van der Waals surface area contributed by atoms with Crippen LogP contribution in [-0.4, -0.2) is 34.4 Å². The number of amides is 1. The lowest BCUT2D eigenvalue weighted by Crippen LogP contribution is -2.42. The smallest absolute Gasteiger partial charge is 0.333 e. The minimum absolute atomic E-state index is 0.0883. The van der Waals surface area contributed by atoms with Gasteiger partial charge in [0.2, 0.25) is 0 Å². The van der Waals surface area contributed by atoms with Crippen molar-refractivity contribution in [3.05, 3.63) is 73.9 Å². The van der Waals surface area contributed by atoms with Crippen LogP contribution in [0.2, 0.25) is 5.02 Å². The molecule has 4 rings (SSSR count). The van der Waals surface area contributed by atoms with Crippen molar-refractivity contribution in [2.24, 2.45) is 0 Å². The summed E-state index contributed by atoms with van der Waals surface area (Å²) in [6.07, 6.45) is -4.01. The molecule has 32 heavy (non-hydrogen) atoms. The number of carbonyl (C=O) groups excluding carboxylic acids is 1. The molecule has 2 aromatic heterocycles. The Balaban J connectivity index is 1.79. The second-order valence-electron chi connectivity index (χ2n) is 7.27. The van der Waals surface area contributed by atoms with Crippen LogP contribution < -0.4 is 10.9 Å². The molecule has 6 nitrogen and oxygen atoms in total. The zero-order chi connectivity index (χ0) is 23.4. The SMILES string of the molecule is CN(C(=O)c1cnc(C(F)(F)F)c(Cl)c1)[C@H]1CNCc2[nH]c(=O)c3cc(F)c(F)cc3c21. The molecule has 3 aromatic rings. The highest BCUT2D eigenvalue weighted by atomic mass is 35.5. The van der Waals surface area contributed by atoms with Gasteiger partial charge in [-0.1, -0.05) is 11.6 Å². The number of hydrogen-bond donors (Lipinski definition) is 2. The lowest BCUT2D eigenvalue weighted by molar-refractivity contribution is -0.141. The van der Waals surface area contributed by atoms with Crippen LogP contribution in [0.5, 0.6) is 0 Å². The highest BCUT2D eigenvalue weighted by Gasteiger charge is 2.36. The standard InChI is InChI=1S/C20H14ClF5N4O2/c1-30(19(32)8-2-11(21)17(28-5-8)20(24,25)26)15-7-27-6-14-16(15)9-3-12(22)13(23)4-10(9)18(31)29-14/h2-5,15,27H,6-7H2,1H3,(H,29,31)/t15-/m0/s1. The Morgan fingerprint density at radius 1 is 1.19 bits per heavy atom. The predicted molar refractivity (Wildman–Crippen MR) is 105 cm³/mol. The Kier molecular flexibility index (Phi) is 5.41. The number of H-pyrrole nitrogens is 1. The minimum atomic E-state index is -4.78. The fourth-order valence-corrected chi connectivity index (χ4v) is 4.06. The number of carbonyl (C=O) groups is 1. The molecule has 0 spiro atoms. The summed E-state index contributed by atoms with van der Waals surface area (Å²) >= 11 is 5.67. The zero-order valence-corrected chi connectivity index (χ0v) is 17.0. The third-order valence-corrected chi connectivity index (χ3v) is 5.59. The molecule has 1 aliphatic heterocycles. The molecule has 0 unspecified atom stereocenters. The minimum Gasteiger partial charge on any atom is -0.333 e. The highest BCUT2D eigenvalue weighted by Crippen LogP contribution is 2.35. The molecule has 12 heteroatoms. The molecule has 0 fully saturated rings. The molecule has 168 valence electrons. The van der Waals surface area contributed by atoms with Gasteiger partial charge in [-0.15, -0.1) is 0 Å². The van der Waals surface area contributed by atoms with E-state index in [1.54, 1.807) is 0 Å². The second kappa shape index (κ2) is 7.82. The van der Waals surface area contributed by atoms with E-state index in [4.69, 9.17) is 11.6 Å². The van der Waals surface area contributed by atoms with Crippen molar-refractivity contribution < 1.29 is 26.7 Å². The van der Waals surface area contributed by atoms with Crippen LogP contribution in [0.4, 0.5) is 22.0 Å². The first-order valence-corrected chi connectivity index (χ1v) is 9.61. The number of nitrogens with one attached hydrogen (secondary N) is 2. The van der Waals surface area contributed by atoms with Crippen LogP contribution in [0.25, 0.3) is 10.8 Å². The maximum absolute atomic E-state index is 14.0. The van der Waals surface area contributed by atoms with Gasteiger partial charge < -0.3 is 15.2 Å². The average Bonchev–Trinajstić information content (AvgIpc) is 2.72. The topological polar surface area (TPSA) is 78.1 Å². The Hall–Kier alpha value is -3.05. The lowest BCUT2D eigenvalue weighted by Gasteiger charge is -2.34. The van der Waals surface area contributed by atoms with Gasteiger partial charge in [-0.2, -0.15) is 13.2 Å². The Morgan fingerprint density at radius 3 is 2.47 bits per heavy atom. The van der Waals surface area contributed by atoms with Gasteiger partial charge in [-0.05, 0) is 23.6 Å². The maximum atomic E-state index is 14.0. The molecule has 0 saturated carbocycles. The number of fused-ring (bicyclic) bond motifs is 3. The van der Waals surface area contributed by atoms with Gasteiger partial charge >= 0.3 is 6.18 Å². The summed E-state index contributed by atoms with van der Waals surface area (Å²) in [5.41, 5.74) is -1.34. The number of aromatic nitrogens is 2. The predicted octanol–water partition coefficient (Wildman–Crippen LogP) is 3.79. The van der Waals surface area contributed by atoms with E-state index in [2.05, 4.69) is 15.3 Å². The first kappa shape index (κ1) is 22.2. The third kappa shape index (κ3) is 3.71. The second-order valence-corrected chi connectivity index (χ2v) is 7.68. The normalized spacial score (nSPS) is 16.2. The van der Waals surface area contributed by atoms with E-state index >= 15 is 0 Å². The number of halogens is 6. The van der Waals surface area contributed by atoms with Gasteiger partial charge in [0.1, 0.15) is 0 Å². The zero-order valence-electron chi connectivity index (χ0n) is 16.3. The quantitative estimate of drug-likeness (QED) is 0.556. The van der Waals surface area contributed by atoms with E-state index in [-0.39, 0.29) is 29.4 Å². The van der Waals surface area contributed by atoms with Crippen LogP contribution in [0.1, 0.15) is 33.4 Å². The Labute approximate surface area is 182 Å². The van der Waals surface area contributed by atoms with E-state index < -0.39 is 46.0 Å². The van der Waals surface area contributed by atoms with Crippen molar-refractivity contribution in [2.45, 2.75) is 18.8 Å². The van der Waals surface area contributed by atoms with Crippen molar-refractivity contribution >= 4 is 28.3 Å². The lowest BCUT2D eigenvalue weighted by atomic mass is 9.93. The van der Waals surface area contributed by atoms with Crippen LogP contribution in [0, 0.1) is 11.6 Å². The van der Waals surface area contributed by atoms with E-state index in [0.29, 0.717) is 11.3 Å². The molecular weight excluding hydrogens is 459 g/mol. The number of pyridine rings is 2. The number of likely N-dealkylation sites (N-methyl/N-ethyl adjacent to an activating group) is 1. The summed E-state index contributed by atoms with van der Waals surface area (Å²) in [4.78, 5) is 32.4. The van der Waals surface area contributed by atoms with Gasteiger partial charge in [-0.3, -0.25) is 9.59 Å². The van der Waals surface area contributed by atoms with E-state index in [1.807, 2.05) is 0 Å². The molecule has 0 radical (unpaired) electrons. The van der Waals surface area contributed by atoms with Gasteiger partial charge in [0.25, 0.3) is 11.5 Å². The summed E-state index contributed by atoms with van der Waals surface area (Å²) < 4.78 is 66.4. The Morgan fingerprint density at radius 2 is 1.84 bits per heavy atom. The van der Waals surface area contributed by atoms with Crippen LogP contribution in [-0.2, 0) is 12.7 Å². The third-order valence-electron chi connectivity index (χ3n) is 5.30. The van der Waals surface area contributed by atoms with Crippen molar-refractivity contribution in [3.63, 3.8) is 0 Å². The van der Waals surface area contributed by atoms with Crippen LogP contribution in [0.3, 0.4) is 0 Å². The maximum Gasteiger partial charge on any atom is 0.434 e. The fourth-order valence-electron chi connectivity index (χ4n) is 3.79. The van der Waals surface area contributed by atoms with Crippen molar-refractivity contribution in [3.8, 4) is 0 Å². The largest absolute Gasteiger partial charge is 0.434 e. The number of benzene rings is 1. The molecule has 1 atom stereocenters.